The smallest absolute Gasteiger partial charge is 0.219 e. The lowest BCUT2D eigenvalue weighted by atomic mass is 9.87. The summed E-state index contributed by atoms with van der Waals surface area (Å²) in [6.07, 6.45) is 0. The SMILES string of the molecule is Cc1cc2c(cc1C)[C@H](C)CN=C2/C(N=Nc1ccccc1C)=N/Nc1ccccc1C. The van der Waals surface area contributed by atoms with E-state index in [4.69, 9.17) is 4.99 Å². The van der Waals surface area contributed by atoms with Crippen molar-refractivity contribution in [1.82, 2.24) is 0 Å². The lowest BCUT2D eigenvalue weighted by molar-refractivity contribution is 0.760. The van der Waals surface area contributed by atoms with Crippen LogP contribution in [0.4, 0.5) is 11.4 Å². The third-order valence-corrected chi connectivity index (χ3v) is 5.98. The minimum Gasteiger partial charge on any atom is -0.280 e. The number of rotatable bonds is 4. The Morgan fingerprint density at radius 2 is 1.56 bits per heavy atom. The first-order valence-corrected chi connectivity index (χ1v) is 11.0. The first-order valence-electron chi connectivity index (χ1n) is 11.0. The highest BCUT2D eigenvalue weighted by Crippen LogP contribution is 2.29. The monoisotopic (exact) mass is 423 g/mol. The topological polar surface area (TPSA) is 61.5 Å². The minimum atomic E-state index is 0.354. The maximum absolute atomic E-state index is 4.88. The summed E-state index contributed by atoms with van der Waals surface area (Å²) in [6.45, 7) is 11.3. The van der Waals surface area contributed by atoms with Crippen LogP contribution >= 0.6 is 0 Å². The Hall–Kier alpha value is -3.60. The van der Waals surface area contributed by atoms with Gasteiger partial charge in [-0.15, -0.1) is 10.2 Å². The first-order chi connectivity index (χ1) is 15.4. The third-order valence-electron chi connectivity index (χ3n) is 5.98. The molecule has 1 N–H and O–H groups in total. The molecule has 4 rings (SSSR count). The summed E-state index contributed by atoms with van der Waals surface area (Å²) < 4.78 is 0. The van der Waals surface area contributed by atoms with Crippen LogP contribution in [-0.4, -0.2) is 18.1 Å². The Morgan fingerprint density at radius 1 is 0.875 bits per heavy atom. The van der Waals surface area contributed by atoms with Crippen molar-refractivity contribution in [3.63, 3.8) is 0 Å². The maximum atomic E-state index is 4.88. The van der Waals surface area contributed by atoms with E-state index in [1.165, 1.54) is 16.7 Å². The maximum Gasteiger partial charge on any atom is 0.219 e. The highest BCUT2D eigenvalue weighted by Gasteiger charge is 2.24. The van der Waals surface area contributed by atoms with Crippen molar-refractivity contribution in [3.8, 4) is 0 Å². The second-order valence-corrected chi connectivity index (χ2v) is 8.46. The van der Waals surface area contributed by atoms with E-state index >= 15 is 0 Å². The molecule has 0 spiro atoms. The van der Waals surface area contributed by atoms with Crippen molar-refractivity contribution in [1.29, 1.82) is 0 Å². The van der Waals surface area contributed by atoms with Crippen LogP contribution < -0.4 is 5.43 Å². The van der Waals surface area contributed by atoms with Crippen molar-refractivity contribution in [2.75, 3.05) is 12.0 Å². The van der Waals surface area contributed by atoms with Crippen molar-refractivity contribution in [3.05, 3.63) is 94.0 Å². The number of amidine groups is 1. The van der Waals surface area contributed by atoms with E-state index < -0.39 is 0 Å². The fourth-order valence-corrected chi connectivity index (χ4v) is 3.77. The fourth-order valence-electron chi connectivity index (χ4n) is 3.77. The van der Waals surface area contributed by atoms with Crippen LogP contribution in [0, 0.1) is 27.7 Å². The second kappa shape index (κ2) is 9.27. The summed E-state index contributed by atoms with van der Waals surface area (Å²) >= 11 is 0. The van der Waals surface area contributed by atoms with Gasteiger partial charge in [-0.2, -0.15) is 5.10 Å². The molecule has 3 aromatic rings. The van der Waals surface area contributed by atoms with E-state index in [0.717, 1.165) is 33.8 Å². The number of azo groups is 1. The first kappa shape index (κ1) is 21.6. The molecule has 1 aliphatic rings. The van der Waals surface area contributed by atoms with E-state index in [-0.39, 0.29) is 0 Å². The predicted molar refractivity (Wildman–Crippen MR) is 134 cm³/mol. The molecule has 0 saturated carbocycles. The number of hydrazone groups is 1. The molecule has 1 aliphatic heterocycles. The van der Waals surface area contributed by atoms with E-state index in [0.29, 0.717) is 18.3 Å². The summed E-state index contributed by atoms with van der Waals surface area (Å²) in [7, 11) is 0. The van der Waals surface area contributed by atoms with E-state index in [9.17, 15) is 0 Å². The van der Waals surface area contributed by atoms with Crippen molar-refractivity contribution in [2.24, 2.45) is 20.3 Å². The van der Waals surface area contributed by atoms with Crippen LogP contribution in [0.15, 0.2) is 81.0 Å². The summed E-state index contributed by atoms with van der Waals surface area (Å²) in [6, 6.07) is 20.5. The molecule has 162 valence electrons. The number of nitrogens with one attached hydrogen (secondary N) is 1. The van der Waals surface area contributed by atoms with Gasteiger partial charge in [-0.05, 0) is 73.7 Å². The van der Waals surface area contributed by atoms with Crippen LogP contribution in [-0.2, 0) is 0 Å². The van der Waals surface area contributed by atoms with Gasteiger partial charge in [0.15, 0.2) is 0 Å². The molecule has 32 heavy (non-hydrogen) atoms. The molecule has 0 aliphatic carbocycles. The number of anilines is 1. The number of aliphatic imine (C=N–C) groups is 1. The quantitative estimate of drug-likeness (QED) is 0.208. The van der Waals surface area contributed by atoms with Crippen LogP contribution in [0.1, 0.15) is 46.2 Å². The molecule has 0 amide bonds. The van der Waals surface area contributed by atoms with Gasteiger partial charge in [-0.3, -0.25) is 10.4 Å². The summed E-state index contributed by atoms with van der Waals surface area (Å²) in [5.74, 6) is 0.833. The largest absolute Gasteiger partial charge is 0.280 e. The molecule has 3 aromatic carbocycles. The summed E-state index contributed by atoms with van der Waals surface area (Å²) in [5.41, 5.74) is 12.8. The van der Waals surface area contributed by atoms with Gasteiger partial charge >= 0.3 is 0 Å². The van der Waals surface area contributed by atoms with Crippen molar-refractivity contribution in [2.45, 2.75) is 40.5 Å². The summed E-state index contributed by atoms with van der Waals surface area (Å²) in [5, 5.41) is 13.8. The van der Waals surface area contributed by atoms with E-state index in [2.05, 4.69) is 53.7 Å². The highest BCUT2D eigenvalue weighted by molar-refractivity contribution is 6.48. The normalized spacial score (nSPS) is 16.1. The number of nitrogens with zero attached hydrogens (tertiary/aromatic N) is 4. The molecule has 0 bridgehead atoms. The zero-order valence-corrected chi connectivity index (χ0v) is 19.3. The molecule has 0 radical (unpaired) electrons. The predicted octanol–water partition coefficient (Wildman–Crippen LogP) is 7.04. The Bertz CT molecular complexity index is 1240. The van der Waals surface area contributed by atoms with Gasteiger partial charge < -0.3 is 0 Å². The molecular weight excluding hydrogens is 394 g/mol. The Labute approximate surface area is 190 Å². The van der Waals surface area contributed by atoms with Crippen LogP contribution in [0.3, 0.4) is 0 Å². The molecule has 5 nitrogen and oxygen atoms in total. The number of benzene rings is 3. The van der Waals surface area contributed by atoms with Gasteiger partial charge in [0.2, 0.25) is 5.84 Å². The van der Waals surface area contributed by atoms with Gasteiger partial charge in [0.05, 0.1) is 11.4 Å². The van der Waals surface area contributed by atoms with Crippen molar-refractivity contribution >= 4 is 22.9 Å². The number of fused-ring (bicyclic) bond motifs is 1. The van der Waals surface area contributed by atoms with E-state index in [1.54, 1.807) is 0 Å². The number of para-hydroxylation sites is 1. The molecule has 0 fully saturated rings. The third kappa shape index (κ3) is 4.52. The van der Waals surface area contributed by atoms with Gasteiger partial charge in [0.25, 0.3) is 0 Å². The fraction of sp³-hybridized carbons (Fsp3) is 0.259. The zero-order chi connectivity index (χ0) is 22.7. The summed E-state index contributed by atoms with van der Waals surface area (Å²) in [4.78, 5) is 4.88. The molecule has 1 atom stereocenters. The van der Waals surface area contributed by atoms with Gasteiger partial charge in [0.1, 0.15) is 5.71 Å². The van der Waals surface area contributed by atoms with Gasteiger partial charge in [-0.1, -0.05) is 49.4 Å². The average molecular weight is 424 g/mol. The number of aryl methyl sites for hydroxylation is 4. The van der Waals surface area contributed by atoms with E-state index in [1.807, 2.05) is 62.4 Å². The molecule has 0 unspecified atom stereocenters. The number of hydrogen-bond donors (Lipinski definition) is 1. The van der Waals surface area contributed by atoms with Crippen LogP contribution in [0.25, 0.3) is 0 Å². The van der Waals surface area contributed by atoms with Crippen LogP contribution in [0.2, 0.25) is 0 Å². The molecule has 0 aromatic heterocycles. The molecule has 5 heteroatoms. The lowest BCUT2D eigenvalue weighted by Gasteiger charge is -2.23. The lowest BCUT2D eigenvalue weighted by Crippen LogP contribution is -2.23. The Balaban J connectivity index is 1.79. The molecule has 0 saturated heterocycles. The van der Waals surface area contributed by atoms with Crippen LogP contribution in [0.5, 0.6) is 0 Å². The Morgan fingerprint density at radius 3 is 2.31 bits per heavy atom. The standard InChI is InChI=1S/C27H29N5/c1-17-10-6-8-12-24(17)29-31-27(32-30-25-13-9-7-11-18(25)2)26-23-15-20(4)19(3)14-22(23)21(5)16-28-26/h6-15,21,29H,16H2,1-5H3/b31-27-,32-30?/t21-/m1/s1. The van der Waals surface area contributed by atoms with Gasteiger partial charge in [0, 0.05) is 18.0 Å². The highest BCUT2D eigenvalue weighted by atomic mass is 15.3. The molecule has 1 heterocycles. The zero-order valence-electron chi connectivity index (χ0n) is 19.3. The number of hydrogen-bond acceptors (Lipinski definition) is 4. The second-order valence-electron chi connectivity index (χ2n) is 8.46. The minimum absolute atomic E-state index is 0.354. The van der Waals surface area contributed by atoms with Gasteiger partial charge in [-0.25, -0.2) is 0 Å². The van der Waals surface area contributed by atoms with Crippen molar-refractivity contribution < 1.29 is 0 Å². The average Bonchev–Trinajstić information content (AvgIpc) is 2.78. The Kier molecular flexibility index (Phi) is 6.26. The molecular formula is C27H29N5.